The summed E-state index contributed by atoms with van der Waals surface area (Å²) in [6, 6.07) is -2.59. The molecule has 0 bridgehead atoms. The number of nitrogens with one attached hydrogen (secondary N) is 3. The van der Waals surface area contributed by atoms with Gasteiger partial charge in [-0.2, -0.15) is 26.3 Å². The van der Waals surface area contributed by atoms with E-state index in [2.05, 4.69) is 16.0 Å². The average molecular weight is 1520 g/mol. The summed E-state index contributed by atoms with van der Waals surface area (Å²) in [5.74, 6) is -9.57. The van der Waals surface area contributed by atoms with Gasteiger partial charge in [-0.1, -0.05) is 96.5 Å². The third kappa shape index (κ3) is 22.3. The lowest BCUT2D eigenvalue weighted by Gasteiger charge is -2.43. The van der Waals surface area contributed by atoms with Crippen LogP contribution in [0.4, 0.5) is 26.3 Å². The second-order valence-corrected chi connectivity index (χ2v) is 30.0. The van der Waals surface area contributed by atoms with E-state index in [0.717, 1.165) is 56.0 Å². The molecule has 106 heavy (non-hydrogen) atoms. The molecule has 2 aromatic rings. The maximum atomic E-state index is 15.7. The predicted octanol–water partition coefficient (Wildman–Crippen LogP) is 5.99. The van der Waals surface area contributed by atoms with Crippen molar-refractivity contribution in [3.63, 3.8) is 0 Å². The van der Waals surface area contributed by atoms with Gasteiger partial charge in [0.05, 0.1) is 54.9 Å². The summed E-state index contributed by atoms with van der Waals surface area (Å²) in [6.45, 7) is 6.60. The highest BCUT2D eigenvalue weighted by Gasteiger charge is 2.52. The number of aliphatic hydroxyl groups excluding tert-OH is 1. The van der Waals surface area contributed by atoms with Gasteiger partial charge >= 0.3 is 12.4 Å². The number of hydrogen-bond donors (Lipinski definition) is 4. The third-order valence-electron chi connectivity index (χ3n) is 21.3. The minimum atomic E-state index is -4.81. The summed E-state index contributed by atoms with van der Waals surface area (Å²) in [5, 5.41) is 20.7. The lowest BCUT2D eigenvalue weighted by molar-refractivity contribution is -0.156. The molecule has 1 spiro atoms. The number of methoxy groups -OCH3 is 1. The van der Waals surface area contributed by atoms with Crippen molar-refractivity contribution in [1.82, 2.24) is 60.0 Å². The molecule has 2 heterocycles. The number of likely N-dealkylation sites (N-methyl/N-ethyl adjacent to an activating group) is 7. The van der Waals surface area contributed by atoms with Gasteiger partial charge in [0.15, 0.2) is 0 Å². The largest absolute Gasteiger partial charge is 0.417 e. The number of nitrogens with zero attached hydrogens (tertiary/aromatic N) is 9. The highest BCUT2D eigenvalue weighted by atomic mass is 35.5. The number of fused-ring (bicyclic) bond motifs is 1. The van der Waals surface area contributed by atoms with Crippen molar-refractivity contribution in [2.45, 2.75) is 210 Å². The number of aliphatic hydroxyl groups is 1. The summed E-state index contributed by atoms with van der Waals surface area (Å²) >= 11 is 6.15. The van der Waals surface area contributed by atoms with Crippen LogP contribution in [0.25, 0.3) is 0 Å². The van der Waals surface area contributed by atoms with Gasteiger partial charge < -0.3 is 64.6 Å². The fraction of sp³-hybridized carbons (Fsp3) is 0.689. The fourth-order valence-corrected chi connectivity index (χ4v) is 15.2. The number of carbonyl (C=O) groups excluding carboxylic acids is 11. The monoisotopic (exact) mass is 1520 g/mol. The zero-order valence-corrected chi connectivity index (χ0v) is 64.1. The van der Waals surface area contributed by atoms with Gasteiger partial charge in [-0.25, -0.2) is 0 Å². The molecule has 2 saturated heterocycles. The fourth-order valence-electron chi connectivity index (χ4n) is 14.8. The van der Waals surface area contributed by atoms with Crippen molar-refractivity contribution in [2.24, 2.45) is 17.8 Å². The van der Waals surface area contributed by atoms with Gasteiger partial charge in [-0.15, -0.1) is 0 Å². The maximum absolute atomic E-state index is 15.7. The summed E-state index contributed by atoms with van der Waals surface area (Å²) in [5.41, 5.74) is -3.27. The number of halogens is 7. The number of hydrogen-bond acceptors (Lipinski definition) is 14. The highest BCUT2D eigenvalue weighted by molar-refractivity contribution is 6.31. The van der Waals surface area contributed by atoms with Crippen LogP contribution in [0.15, 0.2) is 42.5 Å². The van der Waals surface area contributed by atoms with E-state index in [1.807, 2.05) is 13.8 Å². The first kappa shape index (κ1) is 87.3. The average Bonchev–Trinajstić information content (AvgIpc) is 1.57. The van der Waals surface area contributed by atoms with Gasteiger partial charge in [0.2, 0.25) is 65.0 Å². The number of alkyl halides is 6. The molecule has 0 aromatic heterocycles. The summed E-state index contributed by atoms with van der Waals surface area (Å²) in [6.07, 6.45) is -7.87. The number of amides is 11. The third-order valence-corrected chi connectivity index (χ3v) is 21.7. The molecule has 4 N–H and O–H groups in total. The van der Waals surface area contributed by atoms with E-state index >= 15 is 24.0 Å². The number of aryl methyl sites for hydroxylation is 1. The van der Waals surface area contributed by atoms with Crippen molar-refractivity contribution in [3.8, 4) is 0 Å². The minimum Gasteiger partial charge on any atom is -0.383 e. The molecule has 1 unspecified atom stereocenters. The van der Waals surface area contributed by atoms with Crippen LogP contribution in [0.1, 0.15) is 153 Å². The van der Waals surface area contributed by atoms with E-state index in [1.165, 1.54) is 87.0 Å². The number of ether oxygens (including phenoxy) is 1. The Morgan fingerprint density at radius 3 is 1.90 bits per heavy atom. The van der Waals surface area contributed by atoms with Crippen LogP contribution in [0.5, 0.6) is 0 Å². The second kappa shape index (κ2) is 38.4. The molecule has 4 aliphatic rings. The Bertz CT molecular complexity index is 3410. The minimum absolute atomic E-state index is 0.0101. The molecule has 2 aliphatic heterocycles. The van der Waals surface area contributed by atoms with Crippen LogP contribution in [-0.4, -0.2) is 271 Å². The standard InChI is InChI=1S/C74H109ClF6N12O13/c1-14-34-92-57(40-48-24-28-50(29-25-48)73(76,77)78)68(102)87(8)42-58(94)82-53(31-27-47-26-30-51(52(75)39-47)74(79,80)81)66(100)93-35-20-23-54(93)65(99)84-72(32-18-19-33-72)71(105)91(12)63(49-21-16-17-22-49)70(104)90(11)56(67(101)85(6)36-37-106-13)41-59(95)89(10)55(38-45(3)4)64(98)83-62(46(5)15-2)69(103)88(9)43-60(96)86(7)44-61(92)97/h24-26,28-30,39,45-46,49,53-57,62-63,65,84,99H,14-23,27,31-38,40-44H2,1-13H3,(H,82,94)(H,83,98)/t46-,53-,54-,55-,56-,57-,62-,63-,65?/m0/s1. The molecule has 32 heteroatoms. The van der Waals surface area contributed by atoms with Gasteiger partial charge in [0.25, 0.3) is 0 Å². The Morgan fingerprint density at radius 1 is 0.708 bits per heavy atom. The second-order valence-electron chi connectivity index (χ2n) is 29.6. The molecule has 25 nitrogen and oxygen atoms in total. The van der Waals surface area contributed by atoms with Gasteiger partial charge in [-0.05, 0) is 117 Å². The smallest absolute Gasteiger partial charge is 0.383 e. The van der Waals surface area contributed by atoms with E-state index in [4.69, 9.17) is 16.3 Å². The Kier molecular flexibility index (Phi) is 31.6. The van der Waals surface area contributed by atoms with Crippen molar-refractivity contribution in [2.75, 3.05) is 102 Å². The molecule has 592 valence electrons. The summed E-state index contributed by atoms with van der Waals surface area (Å²) in [7, 11) is 11.0. The molecule has 2 aliphatic carbocycles. The van der Waals surface area contributed by atoms with Crippen LogP contribution in [-0.2, 0) is 82.7 Å². The van der Waals surface area contributed by atoms with Crippen molar-refractivity contribution < 1.29 is 88.9 Å². The van der Waals surface area contributed by atoms with Crippen LogP contribution in [0.2, 0.25) is 5.02 Å². The molecule has 4 fully saturated rings. The Balaban J connectivity index is 1.48. The zero-order chi connectivity index (χ0) is 79.0. The van der Waals surface area contributed by atoms with E-state index in [-0.39, 0.29) is 88.2 Å². The number of benzene rings is 2. The first-order valence-electron chi connectivity index (χ1n) is 36.7. The van der Waals surface area contributed by atoms with E-state index in [1.54, 1.807) is 20.8 Å². The first-order chi connectivity index (χ1) is 49.7. The lowest BCUT2D eigenvalue weighted by Crippen LogP contribution is -2.66. The van der Waals surface area contributed by atoms with Crippen LogP contribution < -0.4 is 16.0 Å². The zero-order valence-electron chi connectivity index (χ0n) is 63.4. The molecule has 11 amide bonds. The Labute approximate surface area is 623 Å². The first-order valence-corrected chi connectivity index (χ1v) is 37.0. The van der Waals surface area contributed by atoms with E-state index in [9.17, 15) is 60.2 Å². The predicted molar refractivity (Wildman–Crippen MR) is 382 cm³/mol. The molecule has 2 aromatic carbocycles. The van der Waals surface area contributed by atoms with Gasteiger partial charge in [0, 0.05) is 82.5 Å². The van der Waals surface area contributed by atoms with E-state index < -0.39 is 192 Å². The van der Waals surface area contributed by atoms with Crippen molar-refractivity contribution >= 4 is 76.6 Å². The Morgan fingerprint density at radius 2 is 1.32 bits per heavy atom. The summed E-state index contributed by atoms with van der Waals surface area (Å²) in [4.78, 5) is 175. The normalized spacial score (nSPS) is 24.9. The highest BCUT2D eigenvalue weighted by Crippen LogP contribution is 2.39. The number of carbonyl (C=O) groups is 11. The molecule has 2 saturated carbocycles. The number of rotatable bonds is 16. The molecular weight excluding hydrogens is 1410 g/mol. The van der Waals surface area contributed by atoms with Crippen LogP contribution in [0.3, 0.4) is 0 Å². The molecular formula is C74H109ClF6N12O13. The van der Waals surface area contributed by atoms with Crippen LogP contribution in [0, 0.1) is 17.8 Å². The van der Waals surface area contributed by atoms with E-state index in [0.29, 0.717) is 51.4 Å². The molecule has 9 atom stereocenters. The Hall–Kier alpha value is -7.64. The van der Waals surface area contributed by atoms with Crippen LogP contribution >= 0.6 is 11.6 Å². The van der Waals surface area contributed by atoms with Gasteiger partial charge in [-0.3, -0.25) is 58.1 Å². The topological polar surface area (TPSA) is 282 Å². The SMILES string of the molecule is CCCN1C(=O)CN(C)C(=O)CN(C)C(=O)[C@H]([C@@H](C)CC)NC(=O)[C@H](CC(C)C)N(C)C(=O)C[C@@H](C(=O)N(C)CCOC)N(C)C(=O)[C@H](C2CCCC2)N(C)C(=O)C2(CCCC2)NC(O)[C@@H]2CCCN2C(=O)[C@H](CCc2ccc(C(F)(F)F)c(Cl)c2)NC(=O)CN(C)C(=O)[C@@H]1Cc1ccc(C(F)(F)F)cc1. The van der Waals surface area contributed by atoms with Crippen molar-refractivity contribution in [1.29, 1.82) is 0 Å². The molecule has 0 radical (unpaired) electrons. The quantitative estimate of drug-likeness (QED) is 0.141. The van der Waals surface area contributed by atoms with Crippen molar-refractivity contribution in [3.05, 3.63) is 69.7 Å². The maximum Gasteiger partial charge on any atom is 0.417 e. The summed E-state index contributed by atoms with van der Waals surface area (Å²) < 4.78 is 88.7. The molecule has 6 rings (SSSR count). The lowest BCUT2D eigenvalue weighted by atomic mass is 9.89. The van der Waals surface area contributed by atoms with Gasteiger partial charge in [0.1, 0.15) is 48.0 Å².